The highest BCUT2D eigenvalue weighted by molar-refractivity contribution is 6.30. The van der Waals surface area contributed by atoms with Gasteiger partial charge in [0, 0.05) is 54.6 Å². The minimum Gasteiger partial charge on any atom is -0.474 e. The monoisotopic (exact) mass is 456 g/mol. The predicted molar refractivity (Wildman–Crippen MR) is 120 cm³/mol. The van der Waals surface area contributed by atoms with Crippen molar-refractivity contribution in [3.63, 3.8) is 0 Å². The molecule has 3 atom stereocenters. The minimum atomic E-state index is -0.179. The molecule has 0 aliphatic carbocycles. The van der Waals surface area contributed by atoms with Crippen LogP contribution in [0.4, 0.5) is 0 Å². The lowest BCUT2D eigenvalue weighted by atomic mass is 9.86. The Hall–Kier alpha value is -2.70. The number of amides is 1. The fourth-order valence-electron chi connectivity index (χ4n) is 3.93. The lowest BCUT2D eigenvalue weighted by Crippen LogP contribution is -2.32. The van der Waals surface area contributed by atoms with Crippen LogP contribution in [-0.2, 0) is 0 Å². The molecule has 1 aromatic carbocycles. The van der Waals surface area contributed by atoms with Gasteiger partial charge >= 0.3 is 0 Å². The summed E-state index contributed by atoms with van der Waals surface area (Å²) >= 11 is 12.0. The number of carbonyl (C=O) groups excluding carboxylic acids is 1. The van der Waals surface area contributed by atoms with Crippen LogP contribution in [0.15, 0.2) is 55.0 Å². The van der Waals surface area contributed by atoms with Crippen molar-refractivity contribution in [2.24, 2.45) is 5.92 Å². The van der Waals surface area contributed by atoms with Gasteiger partial charge in [-0.15, -0.1) is 0 Å². The fourth-order valence-corrected chi connectivity index (χ4v) is 4.17. The lowest BCUT2D eigenvalue weighted by molar-refractivity contribution is 0.0769. The number of aromatic nitrogens is 3. The van der Waals surface area contributed by atoms with Crippen molar-refractivity contribution >= 4 is 29.1 Å². The SMILES string of the molecule is Cc1ncc(C(=O)N2C[C@H]([C@H](C)Oc3ccc(Cl)cn3)[C@@H](c3ccc(Cl)cc3)C2)cn1. The second-order valence-corrected chi connectivity index (χ2v) is 8.56. The number of hydrogen-bond acceptors (Lipinski definition) is 5. The van der Waals surface area contributed by atoms with Gasteiger partial charge in [0.2, 0.25) is 5.88 Å². The van der Waals surface area contributed by atoms with Crippen LogP contribution in [0.25, 0.3) is 0 Å². The number of likely N-dealkylation sites (tertiary alicyclic amines) is 1. The lowest BCUT2D eigenvalue weighted by Gasteiger charge is -2.25. The molecule has 1 fully saturated rings. The van der Waals surface area contributed by atoms with Crippen LogP contribution < -0.4 is 4.74 Å². The molecule has 1 saturated heterocycles. The van der Waals surface area contributed by atoms with Crippen LogP contribution in [-0.4, -0.2) is 45.0 Å². The first-order valence-electron chi connectivity index (χ1n) is 10.0. The zero-order valence-corrected chi connectivity index (χ0v) is 18.7. The standard InChI is InChI=1S/C23H22Cl2N4O2/c1-14(31-22-8-7-19(25)11-28-22)20-12-29(23(30)17-9-26-15(2)27-10-17)13-21(20)16-3-5-18(24)6-4-16/h3-11,14,20-21H,12-13H2,1-2H3/t14-,20+,21+/m0/s1. The summed E-state index contributed by atoms with van der Waals surface area (Å²) in [5.74, 6) is 1.21. The maximum Gasteiger partial charge on any atom is 0.257 e. The first-order valence-corrected chi connectivity index (χ1v) is 10.8. The first-order chi connectivity index (χ1) is 14.9. The molecule has 2 aromatic heterocycles. The smallest absolute Gasteiger partial charge is 0.257 e. The van der Waals surface area contributed by atoms with Gasteiger partial charge in [0.1, 0.15) is 11.9 Å². The van der Waals surface area contributed by atoms with Crippen molar-refractivity contribution in [3.8, 4) is 5.88 Å². The van der Waals surface area contributed by atoms with Crippen molar-refractivity contribution in [2.45, 2.75) is 25.9 Å². The minimum absolute atomic E-state index is 0.0639. The van der Waals surface area contributed by atoms with Gasteiger partial charge in [-0.05, 0) is 37.6 Å². The van der Waals surface area contributed by atoms with Gasteiger partial charge in [-0.1, -0.05) is 35.3 Å². The van der Waals surface area contributed by atoms with Crippen LogP contribution in [0.3, 0.4) is 0 Å². The number of aryl methyl sites for hydroxylation is 1. The van der Waals surface area contributed by atoms with Gasteiger partial charge in [-0.2, -0.15) is 0 Å². The predicted octanol–water partition coefficient (Wildman–Crippen LogP) is 4.81. The topological polar surface area (TPSA) is 68.2 Å². The number of carbonyl (C=O) groups is 1. The highest BCUT2D eigenvalue weighted by Crippen LogP contribution is 2.37. The third kappa shape index (κ3) is 4.97. The van der Waals surface area contributed by atoms with Crippen molar-refractivity contribution < 1.29 is 9.53 Å². The van der Waals surface area contributed by atoms with E-state index in [4.69, 9.17) is 27.9 Å². The van der Waals surface area contributed by atoms with E-state index in [0.717, 1.165) is 5.56 Å². The van der Waals surface area contributed by atoms with E-state index in [-0.39, 0.29) is 23.8 Å². The molecule has 1 aliphatic heterocycles. The Labute approximate surface area is 191 Å². The molecular weight excluding hydrogens is 435 g/mol. The summed E-state index contributed by atoms with van der Waals surface area (Å²) in [5, 5.41) is 1.23. The number of ether oxygens (including phenoxy) is 1. The summed E-state index contributed by atoms with van der Waals surface area (Å²) in [6, 6.07) is 11.3. The number of benzene rings is 1. The summed E-state index contributed by atoms with van der Waals surface area (Å²) in [5.41, 5.74) is 1.60. The number of halogens is 2. The number of hydrogen-bond donors (Lipinski definition) is 0. The highest BCUT2D eigenvalue weighted by Gasteiger charge is 2.40. The van der Waals surface area contributed by atoms with Crippen LogP contribution in [0, 0.1) is 12.8 Å². The second-order valence-electron chi connectivity index (χ2n) is 7.69. The Morgan fingerprint density at radius 1 is 1.00 bits per heavy atom. The quantitative estimate of drug-likeness (QED) is 0.550. The third-order valence-electron chi connectivity index (χ3n) is 5.59. The van der Waals surface area contributed by atoms with Gasteiger partial charge in [0.05, 0.1) is 10.6 Å². The Kier molecular flexibility index (Phi) is 6.39. The molecule has 4 rings (SSSR count). The molecule has 0 unspecified atom stereocenters. The maximum atomic E-state index is 13.1. The molecule has 8 heteroatoms. The van der Waals surface area contributed by atoms with E-state index >= 15 is 0 Å². The molecule has 3 aromatic rings. The van der Waals surface area contributed by atoms with Crippen LogP contribution in [0.5, 0.6) is 5.88 Å². The highest BCUT2D eigenvalue weighted by atomic mass is 35.5. The van der Waals surface area contributed by atoms with Crippen LogP contribution in [0.1, 0.15) is 34.6 Å². The summed E-state index contributed by atoms with van der Waals surface area (Å²) in [6.07, 6.45) is 4.53. The zero-order valence-electron chi connectivity index (χ0n) is 17.2. The molecule has 160 valence electrons. The van der Waals surface area contributed by atoms with Crippen molar-refractivity contribution in [3.05, 3.63) is 82.0 Å². The normalized spacial score (nSPS) is 19.3. The summed E-state index contributed by atoms with van der Waals surface area (Å²) in [6.45, 7) is 4.92. The van der Waals surface area contributed by atoms with Gasteiger partial charge in [-0.25, -0.2) is 15.0 Å². The largest absolute Gasteiger partial charge is 0.474 e. The maximum absolute atomic E-state index is 13.1. The third-order valence-corrected chi connectivity index (χ3v) is 6.06. The van der Waals surface area contributed by atoms with E-state index in [1.165, 1.54) is 0 Å². The Morgan fingerprint density at radius 3 is 2.32 bits per heavy atom. The zero-order chi connectivity index (χ0) is 22.0. The van der Waals surface area contributed by atoms with E-state index in [1.54, 1.807) is 37.6 Å². The molecule has 0 radical (unpaired) electrons. The number of nitrogens with zero attached hydrogens (tertiary/aromatic N) is 4. The average Bonchev–Trinajstić information content (AvgIpc) is 3.21. The van der Waals surface area contributed by atoms with E-state index in [1.807, 2.05) is 36.1 Å². The van der Waals surface area contributed by atoms with Crippen molar-refractivity contribution in [1.82, 2.24) is 19.9 Å². The number of pyridine rings is 1. The van der Waals surface area contributed by atoms with E-state index in [9.17, 15) is 4.79 Å². The molecule has 31 heavy (non-hydrogen) atoms. The summed E-state index contributed by atoms with van der Waals surface area (Å²) < 4.78 is 6.12. The second kappa shape index (κ2) is 9.20. The van der Waals surface area contributed by atoms with E-state index in [2.05, 4.69) is 15.0 Å². The van der Waals surface area contributed by atoms with E-state index in [0.29, 0.717) is 40.4 Å². The van der Waals surface area contributed by atoms with Gasteiger partial charge in [-0.3, -0.25) is 4.79 Å². The molecule has 1 aliphatic rings. The van der Waals surface area contributed by atoms with Gasteiger partial charge < -0.3 is 9.64 Å². The summed E-state index contributed by atoms with van der Waals surface area (Å²) in [4.78, 5) is 27.5. The van der Waals surface area contributed by atoms with Gasteiger partial charge in [0.25, 0.3) is 5.91 Å². The number of rotatable bonds is 5. The molecule has 1 amide bonds. The fraction of sp³-hybridized carbons (Fsp3) is 0.304. The Balaban J connectivity index is 1.58. The average molecular weight is 457 g/mol. The van der Waals surface area contributed by atoms with Crippen molar-refractivity contribution in [2.75, 3.05) is 13.1 Å². The van der Waals surface area contributed by atoms with Crippen LogP contribution in [0.2, 0.25) is 10.0 Å². The first kappa shape index (κ1) is 21.5. The Bertz CT molecular complexity index is 1040. The molecule has 0 N–H and O–H groups in total. The van der Waals surface area contributed by atoms with E-state index < -0.39 is 0 Å². The van der Waals surface area contributed by atoms with Crippen molar-refractivity contribution in [1.29, 1.82) is 0 Å². The molecule has 6 nitrogen and oxygen atoms in total. The van der Waals surface area contributed by atoms with Crippen LogP contribution >= 0.6 is 23.2 Å². The Morgan fingerprint density at radius 2 is 1.68 bits per heavy atom. The van der Waals surface area contributed by atoms with Gasteiger partial charge in [0.15, 0.2) is 0 Å². The molecule has 0 bridgehead atoms. The molecule has 0 spiro atoms. The molecular formula is C23H22Cl2N4O2. The summed E-state index contributed by atoms with van der Waals surface area (Å²) in [7, 11) is 0. The molecule has 3 heterocycles. The molecule has 0 saturated carbocycles.